The minimum Gasteiger partial charge on any atom is -0.447 e. The molecule has 146 valence electrons. The molecule has 2 amide bonds. The van der Waals surface area contributed by atoms with Crippen LogP contribution in [0.15, 0.2) is 24.3 Å². The minimum absolute atomic E-state index is 0.278. The van der Waals surface area contributed by atoms with Crippen molar-refractivity contribution in [3.63, 3.8) is 0 Å². The fraction of sp³-hybridized carbons (Fsp3) is 0.500. The number of thiocarbonyl (C=S) groups is 1. The number of rotatable bonds is 6. The number of hydrogen-bond acceptors (Lipinski definition) is 5. The lowest BCUT2D eigenvalue weighted by molar-refractivity contribution is 0.142. The summed E-state index contributed by atoms with van der Waals surface area (Å²) >= 11 is 5.36. The van der Waals surface area contributed by atoms with Crippen molar-refractivity contribution >= 4 is 40.9 Å². The molecule has 1 N–H and O–H groups in total. The Hall–Kier alpha value is -2.55. The van der Waals surface area contributed by atoms with Crippen LogP contribution in [0, 0.1) is 0 Å². The molecular weight excluding hydrogens is 368 g/mol. The van der Waals surface area contributed by atoms with E-state index in [2.05, 4.69) is 5.32 Å². The zero-order chi connectivity index (χ0) is 19.4. The molecule has 2 saturated heterocycles. The van der Waals surface area contributed by atoms with Gasteiger partial charge in [-0.3, -0.25) is 9.80 Å². The van der Waals surface area contributed by atoms with Gasteiger partial charge in [-0.05, 0) is 50.3 Å². The predicted octanol–water partition coefficient (Wildman–Crippen LogP) is 2.18. The highest BCUT2D eigenvalue weighted by molar-refractivity contribution is 7.80. The van der Waals surface area contributed by atoms with E-state index in [0.29, 0.717) is 31.4 Å². The van der Waals surface area contributed by atoms with Gasteiger partial charge < -0.3 is 19.7 Å². The lowest BCUT2D eigenvalue weighted by Crippen LogP contribution is -2.43. The van der Waals surface area contributed by atoms with Gasteiger partial charge in [0.2, 0.25) is 0 Å². The first-order valence-electron chi connectivity index (χ1n) is 9.08. The van der Waals surface area contributed by atoms with Crippen LogP contribution in [0.3, 0.4) is 0 Å². The number of benzene rings is 1. The van der Waals surface area contributed by atoms with Crippen LogP contribution in [0.4, 0.5) is 21.0 Å². The maximum absolute atomic E-state index is 12.2. The Morgan fingerprint density at radius 2 is 1.78 bits per heavy atom. The maximum Gasteiger partial charge on any atom is 0.414 e. The summed E-state index contributed by atoms with van der Waals surface area (Å²) in [7, 11) is 0. The quantitative estimate of drug-likeness (QED) is 0.744. The van der Waals surface area contributed by atoms with Crippen LogP contribution in [-0.2, 0) is 9.47 Å². The topological polar surface area (TPSA) is 74.4 Å². The number of carbonyl (C=O) groups is 2. The van der Waals surface area contributed by atoms with Crippen molar-refractivity contribution in [1.82, 2.24) is 10.2 Å². The standard InChI is InChI=1S/C18H24N4O4S/c1-3-20(4-2)16(27)19-11-15-12-22(18(24)26-15)14-7-5-13(6-8-14)21-9-10-25-17(21)23/h5-8,15H,3-4,9-12H2,1-2H3,(H,19,27)/t15-/m0/s1. The fourth-order valence-electron chi connectivity index (χ4n) is 3.10. The van der Waals surface area contributed by atoms with Crippen LogP contribution in [0.5, 0.6) is 0 Å². The van der Waals surface area contributed by atoms with Gasteiger partial charge in [0.15, 0.2) is 5.11 Å². The van der Waals surface area contributed by atoms with Crippen LogP contribution in [0.25, 0.3) is 0 Å². The summed E-state index contributed by atoms with van der Waals surface area (Å²) in [6.45, 7) is 7.58. The van der Waals surface area contributed by atoms with E-state index in [-0.39, 0.29) is 18.3 Å². The monoisotopic (exact) mass is 392 g/mol. The van der Waals surface area contributed by atoms with Gasteiger partial charge in [0, 0.05) is 24.5 Å². The van der Waals surface area contributed by atoms with E-state index in [9.17, 15) is 9.59 Å². The van der Waals surface area contributed by atoms with E-state index in [1.807, 2.05) is 18.7 Å². The van der Waals surface area contributed by atoms with Gasteiger partial charge in [0.1, 0.15) is 12.7 Å². The van der Waals surface area contributed by atoms with Gasteiger partial charge in [0.25, 0.3) is 0 Å². The summed E-state index contributed by atoms with van der Waals surface area (Å²) in [5, 5.41) is 3.83. The lowest BCUT2D eigenvalue weighted by atomic mass is 10.2. The second kappa shape index (κ2) is 8.43. The zero-order valence-corrected chi connectivity index (χ0v) is 16.3. The highest BCUT2D eigenvalue weighted by Gasteiger charge is 2.32. The van der Waals surface area contributed by atoms with Gasteiger partial charge in [-0.1, -0.05) is 0 Å². The molecule has 9 heteroatoms. The molecule has 0 radical (unpaired) electrons. The molecule has 0 unspecified atom stereocenters. The van der Waals surface area contributed by atoms with Crippen molar-refractivity contribution in [3.05, 3.63) is 24.3 Å². The van der Waals surface area contributed by atoms with E-state index in [1.54, 1.807) is 34.1 Å². The molecule has 1 atom stereocenters. The van der Waals surface area contributed by atoms with Crippen LogP contribution >= 0.6 is 12.2 Å². The highest BCUT2D eigenvalue weighted by atomic mass is 32.1. The van der Waals surface area contributed by atoms with Crippen molar-refractivity contribution in [2.75, 3.05) is 49.1 Å². The Morgan fingerprint density at radius 1 is 1.15 bits per heavy atom. The van der Waals surface area contributed by atoms with E-state index in [4.69, 9.17) is 21.7 Å². The second-order valence-corrected chi connectivity index (χ2v) is 6.64. The third-order valence-electron chi connectivity index (χ3n) is 4.64. The molecule has 0 bridgehead atoms. The number of carbonyl (C=O) groups excluding carboxylic acids is 2. The number of amides is 2. The third kappa shape index (κ3) is 4.24. The summed E-state index contributed by atoms with van der Waals surface area (Å²) in [6, 6.07) is 7.21. The number of anilines is 2. The van der Waals surface area contributed by atoms with Crippen LogP contribution in [0.2, 0.25) is 0 Å². The molecule has 8 nitrogen and oxygen atoms in total. The van der Waals surface area contributed by atoms with Gasteiger partial charge in [-0.15, -0.1) is 0 Å². The van der Waals surface area contributed by atoms with E-state index in [0.717, 1.165) is 24.5 Å². The molecular formula is C18H24N4O4S. The zero-order valence-electron chi connectivity index (χ0n) is 15.5. The average Bonchev–Trinajstić information content (AvgIpc) is 3.26. The Bertz CT molecular complexity index is 708. The van der Waals surface area contributed by atoms with Crippen molar-refractivity contribution in [3.8, 4) is 0 Å². The normalized spacial score (nSPS) is 19.1. The molecule has 0 aromatic heterocycles. The third-order valence-corrected chi connectivity index (χ3v) is 5.04. The molecule has 2 aliphatic heterocycles. The number of hydrogen-bond donors (Lipinski definition) is 1. The Labute approximate surface area is 164 Å². The van der Waals surface area contributed by atoms with Gasteiger partial charge >= 0.3 is 12.2 Å². The molecule has 0 spiro atoms. The van der Waals surface area contributed by atoms with Crippen molar-refractivity contribution in [2.24, 2.45) is 0 Å². The van der Waals surface area contributed by atoms with Crippen molar-refractivity contribution in [1.29, 1.82) is 0 Å². The summed E-state index contributed by atoms with van der Waals surface area (Å²) in [6.07, 6.45) is -1.01. The van der Waals surface area contributed by atoms with E-state index >= 15 is 0 Å². The first kappa shape index (κ1) is 19.2. The van der Waals surface area contributed by atoms with E-state index < -0.39 is 0 Å². The fourth-order valence-corrected chi connectivity index (χ4v) is 3.44. The molecule has 3 rings (SSSR count). The number of nitrogens with zero attached hydrogens (tertiary/aromatic N) is 3. The number of cyclic esters (lactones) is 2. The second-order valence-electron chi connectivity index (χ2n) is 6.26. The van der Waals surface area contributed by atoms with Gasteiger partial charge in [-0.2, -0.15) is 0 Å². The first-order valence-corrected chi connectivity index (χ1v) is 9.49. The van der Waals surface area contributed by atoms with Crippen molar-refractivity contribution < 1.29 is 19.1 Å². The number of ether oxygens (including phenoxy) is 2. The SMILES string of the molecule is CCN(CC)C(=S)NC[C@H]1CN(c2ccc(N3CCOC3=O)cc2)C(=O)O1. The Balaban J connectivity index is 1.57. The van der Waals surface area contributed by atoms with Gasteiger partial charge in [0.05, 0.1) is 19.6 Å². The minimum atomic E-state index is -0.385. The first-order chi connectivity index (χ1) is 13.0. The summed E-state index contributed by atoms with van der Waals surface area (Å²) < 4.78 is 10.4. The molecule has 27 heavy (non-hydrogen) atoms. The van der Waals surface area contributed by atoms with E-state index in [1.165, 1.54) is 0 Å². The number of nitrogens with one attached hydrogen (secondary N) is 1. The Morgan fingerprint density at radius 3 is 2.33 bits per heavy atom. The summed E-state index contributed by atoms with van der Waals surface area (Å²) in [5.41, 5.74) is 1.47. The largest absolute Gasteiger partial charge is 0.447 e. The van der Waals surface area contributed by atoms with Gasteiger partial charge in [-0.25, -0.2) is 9.59 Å². The van der Waals surface area contributed by atoms with Crippen LogP contribution in [-0.4, -0.2) is 67.6 Å². The molecule has 2 aliphatic rings. The summed E-state index contributed by atoms with van der Waals surface area (Å²) in [4.78, 5) is 29.0. The molecule has 1 aromatic rings. The molecule has 1 aromatic carbocycles. The molecule has 0 aliphatic carbocycles. The van der Waals surface area contributed by atoms with Crippen LogP contribution in [0.1, 0.15) is 13.8 Å². The summed E-state index contributed by atoms with van der Waals surface area (Å²) in [5.74, 6) is 0. The van der Waals surface area contributed by atoms with Crippen LogP contribution < -0.4 is 15.1 Å². The maximum atomic E-state index is 12.2. The lowest BCUT2D eigenvalue weighted by Gasteiger charge is -2.23. The molecule has 0 saturated carbocycles. The average molecular weight is 392 g/mol. The predicted molar refractivity (Wildman–Crippen MR) is 106 cm³/mol. The molecule has 2 heterocycles. The highest BCUT2D eigenvalue weighted by Crippen LogP contribution is 2.26. The smallest absolute Gasteiger partial charge is 0.414 e. The Kier molecular flexibility index (Phi) is 6.00. The van der Waals surface area contributed by atoms with Crippen molar-refractivity contribution in [2.45, 2.75) is 20.0 Å². The molecule has 2 fully saturated rings.